The third-order valence-corrected chi connectivity index (χ3v) is 21.8. The Morgan fingerprint density at radius 1 is 0.244 bits per heavy atom. The molecular formula is C101H172O16P2. The van der Waals surface area contributed by atoms with Crippen LogP contribution < -0.4 is 0 Å². The van der Waals surface area contributed by atoms with Gasteiger partial charge in [0.2, 0.25) is 0 Å². The number of phosphoric ester groups is 2. The van der Waals surface area contributed by atoms with Gasteiger partial charge in [-0.2, -0.15) is 0 Å². The van der Waals surface area contributed by atoms with Crippen LogP contribution in [0.25, 0.3) is 0 Å². The lowest BCUT2D eigenvalue weighted by molar-refractivity contribution is -0.161. The predicted molar refractivity (Wildman–Crippen MR) is 500 cm³/mol. The number of phosphoric acid groups is 2. The number of rotatable bonds is 89. The highest BCUT2D eigenvalue weighted by Gasteiger charge is 2.29. The second-order valence-electron chi connectivity index (χ2n) is 31.4. The van der Waals surface area contributed by atoms with E-state index in [9.17, 15) is 43.5 Å². The van der Waals surface area contributed by atoms with Crippen LogP contribution in [0.4, 0.5) is 0 Å². The van der Waals surface area contributed by atoms with E-state index in [-0.39, 0.29) is 19.3 Å². The first kappa shape index (κ1) is 114. The number of allylic oxidation sites excluding steroid dienone is 28. The van der Waals surface area contributed by atoms with Crippen LogP contribution in [-0.2, 0) is 55.8 Å². The van der Waals surface area contributed by atoms with Crippen LogP contribution in [-0.4, -0.2) is 95.9 Å². The van der Waals surface area contributed by atoms with Gasteiger partial charge >= 0.3 is 33.6 Å². The van der Waals surface area contributed by atoms with Crippen molar-refractivity contribution in [2.45, 2.75) is 411 Å². The summed E-state index contributed by atoms with van der Waals surface area (Å²) in [6.45, 7) is 2.54. The molecule has 0 spiro atoms. The number of esters is 3. The van der Waals surface area contributed by atoms with Gasteiger partial charge in [0, 0.05) is 19.3 Å². The second-order valence-corrected chi connectivity index (χ2v) is 34.3. The summed E-state index contributed by atoms with van der Waals surface area (Å²) in [5.41, 5.74) is 0. The van der Waals surface area contributed by atoms with E-state index in [1.165, 1.54) is 161 Å². The van der Waals surface area contributed by atoms with Crippen molar-refractivity contribution in [2.75, 3.05) is 39.6 Å². The van der Waals surface area contributed by atoms with E-state index in [1.807, 2.05) is 0 Å². The fourth-order valence-electron chi connectivity index (χ4n) is 12.7. The fourth-order valence-corrected chi connectivity index (χ4v) is 14.3. The molecule has 0 aromatic carbocycles. The molecule has 5 atom stereocenters. The van der Waals surface area contributed by atoms with Gasteiger partial charge in [0.25, 0.3) is 0 Å². The normalized spacial score (nSPS) is 14.5. The van der Waals surface area contributed by atoms with Gasteiger partial charge in [0.05, 0.1) is 26.4 Å². The minimum absolute atomic E-state index is 0.0871. The first-order chi connectivity index (χ1) is 58.2. The van der Waals surface area contributed by atoms with E-state index < -0.39 is 91.5 Å². The van der Waals surface area contributed by atoms with Gasteiger partial charge in [0.15, 0.2) is 6.10 Å². The molecule has 4 N–H and O–H groups in total. The second kappa shape index (κ2) is 92.1. The summed E-state index contributed by atoms with van der Waals surface area (Å²) in [6.07, 6.45) is 120. The molecule has 0 aromatic rings. The largest absolute Gasteiger partial charge is 0.472 e. The zero-order valence-corrected chi connectivity index (χ0v) is 77.0. The minimum atomic E-state index is -4.95. The molecule has 0 saturated heterocycles. The van der Waals surface area contributed by atoms with Crippen molar-refractivity contribution in [2.24, 2.45) is 0 Å². The summed E-state index contributed by atoms with van der Waals surface area (Å²) in [7, 11) is -9.82. The Kier molecular flexibility index (Phi) is 88.2. The van der Waals surface area contributed by atoms with Crippen LogP contribution in [0.15, 0.2) is 170 Å². The average molecular weight is 1700 g/mol. The van der Waals surface area contributed by atoms with Gasteiger partial charge in [-0.1, -0.05) is 384 Å². The van der Waals surface area contributed by atoms with Crippen molar-refractivity contribution < 1.29 is 75.8 Å². The van der Waals surface area contributed by atoms with Gasteiger partial charge in [0.1, 0.15) is 25.4 Å². The highest BCUT2D eigenvalue weighted by molar-refractivity contribution is 7.47. The summed E-state index contributed by atoms with van der Waals surface area (Å²) in [6, 6.07) is 0. The number of ether oxygens (including phenoxy) is 3. The maximum absolute atomic E-state index is 13.1. The lowest BCUT2D eigenvalue weighted by atomic mass is 10.0. The molecule has 0 heterocycles. The van der Waals surface area contributed by atoms with Crippen molar-refractivity contribution in [1.29, 1.82) is 0 Å². The lowest BCUT2D eigenvalue weighted by Crippen LogP contribution is -2.30. The molecular weight excluding hydrogens is 1530 g/mol. The van der Waals surface area contributed by atoms with Crippen LogP contribution in [0.3, 0.4) is 0 Å². The molecule has 682 valence electrons. The molecule has 119 heavy (non-hydrogen) atoms. The van der Waals surface area contributed by atoms with E-state index in [0.29, 0.717) is 19.3 Å². The summed E-state index contributed by atoms with van der Waals surface area (Å²) in [5, 5.41) is 20.8. The van der Waals surface area contributed by atoms with Gasteiger partial charge in [-0.15, -0.1) is 0 Å². The van der Waals surface area contributed by atoms with Crippen molar-refractivity contribution in [3.63, 3.8) is 0 Å². The number of aliphatic hydroxyl groups excluding tert-OH is 2. The van der Waals surface area contributed by atoms with Crippen LogP contribution in [0.1, 0.15) is 393 Å². The van der Waals surface area contributed by atoms with Crippen LogP contribution in [0.5, 0.6) is 0 Å². The Hall–Kier alpha value is -5.09. The first-order valence-electron chi connectivity index (χ1n) is 47.4. The van der Waals surface area contributed by atoms with Crippen LogP contribution >= 0.6 is 15.6 Å². The number of carbonyl (C=O) groups excluding carboxylic acids is 3. The van der Waals surface area contributed by atoms with E-state index in [2.05, 4.69) is 191 Å². The average Bonchev–Trinajstić information content (AvgIpc) is 0.912. The molecule has 16 nitrogen and oxygen atoms in total. The molecule has 18 heteroatoms. The first-order valence-corrected chi connectivity index (χ1v) is 50.4. The summed E-state index contributed by atoms with van der Waals surface area (Å²) < 4.78 is 61.5. The van der Waals surface area contributed by atoms with Crippen molar-refractivity contribution >= 4 is 33.6 Å². The molecule has 5 unspecified atom stereocenters. The smallest absolute Gasteiger partial charge is 0.463 e. The fraction of sp³-hybridized carbons (Fsp3) is 0.693. The maximum Gasteiger partial charge on any atom is 0.472 e. The van der Waals surface area contributed by atoms with E-state index in [1.54, 1.807) is 0 Å². The van der Waals surface area contributed by atoms with Gasteiger partial charge in [-0.3, -0.25) is 32.5 Å². The molecule has 0 bridgehead atoms. The molecule has 0 saturated carbocycles. The number of unbranched alkanes of at least 4 members (excludes halogenated alkanes) is 38. The Morgan fingerprint density at radius 3 is 0.706 bits per heavy atom. The third-order valence-electron chi connectivity index (χ3n) is 19.9. The SMILES string of the molecule is CC/C=C\C/C=C\C/C=C\C/C=C\C/C=C\C/C=C\CCCCCCCCCCCCCCCCCCC(=O)OCC(O)COP(=O)(O)OCC(O)COP(=O)(O)OCC(COC(=O)CCCCCCCCCCC/C=C\C/C=C\C/C=C\C/C=C\CCCCC)OC(=O)CCCCCCCCC/C=C\C/C=C\C/C=C\C/C=C\CCCCC. The molecule has 0 fully saturated rings. The number of hydrogen-bond donors (Lipinski definition) is 4. The Labute approximate surface area is 726 Å². The molecule has 0 aromatic heterocycles. The third kappa shape index (κ3) is 93.5. The monoisotopic (exact) mass is 1700 g/mol. The van der Waals surface area contributed by atoms with E-state index in [4.69, 9.17) is 32.3 Å². The number of carbonyl (C=O) groups is 3. The minimum Gasteiger partial charge on any atom is -0.463 e. The maximum atomic E-state index is 13.1. The van der Waals surface area contributed by atoms with Gasteiger partial charge in [-0.05, 0) is 161 Å². The zero-order valence-electron chi connectivity index (χ0n) is 75.2. The van der Waals surface area contributed by atoms with Crippen molar-refractivity contribution in [1.82, 2.24) is 0 Å². The van der Waals surface area contributed by atoms with Gasteiger partial charge < -0.3 is 34.2 Å². The Morgan fingerprint density at radius 2 is 0.445 bits per heavy atom. The number of hydrogen-bond acceptors (Lipinski definition) is 14. The molecule has 0 rings (SSSR count). The highest BCUT2D eigenvalue weighted by Crippen LogP contribution is 2.45. The molecule has 0 aliphatic carbocycles. The number of aliphatic hydroxyl groups is 2. The van der Waals surface area contributed by atoms with E-state index >= 15 is 0 Å². The highest BCUT2D eigenvalue weighted by atomic mass is 31.2. The van der Waals surface area contributed by atoms with Gasteiger partial charge in [-0.25, -0.2) is 9.13 Å². The van der Waals surface area contributed by atoms with Crippen LogP contribution in [0, 0.1) is 0 Å². The lowest BCUT2D eigenvalue weighted by Gasteiger charge is -2.21. The zero-order chi connectivity index (χ0) is 86.5. The van der Waals surface area contributed by atoms with E-state index in [0.717, 1.165) is 173 Å². The summed E-state index contributed by atoms with van der Waals surface area (Å²) in [4.78, 5) is 59.0. The van der Waals surface area contributed by atoms with Crippen LogP contribution in [0.2, 0.25) is 0 Å². The Bertz CT molecular complexity index is 2840. The summed E-state index contributed by atoms with van der Waals surface area (Å²) >= 11 is 0. The van der Waals surface area contributed by atoms with Crippen molar-refractivity contribution in [3.05, 3.63) is 170 Å². The topological polar surface area (TPSA) is 231 Å². The molecule has 0 radical (unpaired) electrons. The van der Waals surface area contributed by atoms with Crippen molar-refractivity contribution in [3.8, 4) is 0 Å². The predicted octanol–water partition coefficient (Wildman–Crippen LogP) is 29.4. The summed E-state index contributed by atoms with van der Waals surface area (Å²) in [5.74, 6) is -1.59. The molecule has 0 aliphatic heterocycles. The molecule has 0 amide bonds. The quantitative estimate of drug-likeness (QED) is 0.0146. The standard InChI is InChI=1S/C101H172O16P2/c1-4-7-10-13-16-19-22-25-28-31-34-37-40-42-43-44-45-46-47-48-49-50-51-53-56-57-60-63-66-69-72-75-78-81-84-87-99(104)111-90-96(102)91-113-118(107,108)114-92-97(103)93-115-119(109,110)116-95-98(117-101(106)89-86-83-80-77-74-71-68-65-62-59-54-39-36-33-30-27-24-21-18-15-12-9-6-3)94-112-100(105)88-85-82-79-76-73-70-67-64-61-58-55-52-41-38-35-32-29-26-23-20-17-14-11-8-5-2/h7,10,16-21,25-30,34-39,42-43,45-46,52,55,59,62,96-98,102-103H,4-6,8-9,11-15,22-24,31-33,40-41,44,47-51,53-54,56-58,60-61,63-95H2,1-3H3,(H,107,108)(H,109,110)/b10-7-,19-16-,20-17-,21-18-,28-25-,29-26-,30-27-,37-34-,38-35-,39-36-,43-42-,46-45-,55-52-,62-59-. The Balaban J connectivity index is 4.57. The molecule has 0 aliphatic rings.